The van der Waals surface area contributed by atoms with Gasteiger partial charge in [0, 0.05) is 12.6 Å². The number of hydrogen-bond acceptors (Lipinski definition) is 4. The SMILES string of the molecule is O=[N+]([O-])c1cc(F)c(-n2c(O)c3n(c2=S)CCCC3)cc1F. The van der Waals surface area contributed by atoms with Crippen molar-refractivity contribution in [2.45, 2.75) is 25.8 Å². The van der Waals surface area contributed by atoms with E-state index in [0.717, 1.165) is 17.4 Å². The Morgan fingerprint density at radius 2 is 2.00 bits per heavy atom. The summed E-state index contributed by atoms with van der Waals surface area (Å²) in [5.41, 5.74) is -0.738. The molecule has 1 aliphatic rings. The van der Waals surface area contributed by atoms with Crippen molar-refractivity contribution in [1.29, 1.82) is 0 Å². The van der Waals surface area contributed by atoms with Crippen molar-refractivity contribution in [3.05, 3.63) is 44.3 Å². The molecule has 0 unspecified atom stereocenters. The van der Waals surface area contributed by atoms with E-state index in [1.165, 1.54) is 0 Å². The van der Waals surface area contributed by atoms with Crippen LogP contribution in [0.3, 0.4) is 0 Å². The molecule has 0 atom stereocenters. The molecule has 0 amide bonds. The Morgan fingerprint density at radius 1 is 1.27 bits per heavy atom. The van der Waals surface area contributed by atoms with E-state index in [2.05, 4.69) is 0 Å². The summed E-state index contributed by atoms with van der Waals surface area (Å²) in [6.07, 6.45) is 2.32. The molecule has 1 aliphatic heterocycles. The zero-order valence-electron chi connectivity index (χ0n) is 11.3. The van der Waals surface area contributed by atoms with Crippen LogP contribution in [-0.2, 0) is 13.0 Å². The average molecular weight is 327 g/mol. The molecule has 1 aromatic heterocycles. The summed E-state index contributed by atoms with van der Waals surface area (Å²) in [7, 11) is 0. The molecule has 0 saturated heterocycles. The lowest BCUT2D eigenvalue weighted by Crippen LogP contribution is -2.09. The molecule has 0 radical (unpaired) electrons. The van der Waals surface area contributed by atoms with Gasteiger partial charge in [-0.25, -0.2) is 4.39 Å². The predicted octanol–water partition coefficient (Wildman–Crippen LogP) is 3.24. The lowest BCUT2D eigenvalue weighted by molar-refractivity contribution is -0.387. The molecule has 0 saturated carbocycles. The number of halogens is 2. The number of rotatable bonds is 2. The smallest absolute Gasteiger partial charge is 0.307 e. The van der Waals surface area contributed by atoms with Crippen LogP contribution >= 0.6 is 12.2 Å². The van der Waals surface area contributed by atoms with Crippen molar-refractivity contribution in [2.75, 3.05) is 0 Å². The van der Waals surface area contributed by atoms with Gasteiger partial charge in [0.1, 0.15) is 0 Å². The van der Waals surface area contributed by atoms with Crippen molar-refractivity contribution in [3.8, 4) is 11.6 Å². The molecule has 0 spiro atoms. The molecule has 0 bridgehead atoms. The summed E-state index contributed by atoms with van der Waals surface area (Å²) in [4.78, 5) is 9.62. The van der Waals surface area contributed by atoms with Crippen LogP contribution in [-0.4, -0.2) is 19.2 Å². The van der Waals surface area contributed by atoms with Crippen molar-refractivity contribution >= 4 is 17.9 Å². The van der Waals surface area contributed by atoms with Crippen LogP contribution in [0.4, 0.5) is 14.5 Å². The highest BCUT2D eigenvalue weighted by atomic mass is 32.1. The van der Waals surface area contributed by atoms with Gasteiger partial charge in [0.2, 0.25) is 11.7 Å². The maximum absolute atomic E-state index is 14.1. The van der Waals surface area contributed by atoms with Crippen molar-refractivity contribution in [3.63, 3.8) is 0 Å². The summed E-state index contributed by atoms with van der Waals surface area (Å²) in [6.45, 7) is 0.589. The summed E-state index contributed by atoms with van der Waals surface area (Å²) >= 11 is 5.21. The van der Waals surface area contributed by atoms with E-state index in [4.69, 9.17) is 12.2 Å². The molecule has 9 heteroatoms. The summed E-state index contributed by atoms with van der Waals surface area (Å²) in [5, 5.41) is 20.9. The van der Waals surface area contributed by atoms with Gasteiger partial charge in [0.25, 0.3) is 0 Å². The topological polar surface area (TPSA) is 73.2 Å². The lowest BCUT2D eigenvalue weighted by atomic mass is 10.1. The maximum atomic E-state index is 14.1. The third-order valence-corrected chi connectivity index (χ3v) is 4.12. The van der Waals surface area contributed by atoms with E-state index in [1.54, 1.807) is 4.57 Å². The summed E-state index contributed by atoms with van der Waals surface area (Å²) in [5.74, 6) is -2.47. The molecule has 116 valence electrons. The second-order valence-corrected chi connectivity index (χ2v) is 5.37. The minimum Gasteiger partial charge on any atom is -0.493 e. The Bertz CT molecular complexity index is 844. The average Bonchev–Trinajstić information content (AvgIpc) is 2.73. The Hall–Kier alpha value is -2.29. The maximum Gasteiger partial charge on any atom is 0.307 e. The first kappa shape index (κ1) is 14.6. The molecule has 3 rings (SSSR count). The molecular weight excluding hydrogens is 316 g/mol. The largest absolute Gasteiger partial charge is 0.493 e. The van der Waals surface area contributed by atoms with Gasteiger partial charge in [-0.3, -0.25) is 14.7 Å². The van der Waals surface area contributed by atoms with Crippen LogP contribution < -0.4 is 0 Å². The van der Waals surface area contributed by atoms with E-state index in [1.807, 2.05) is 0 Å². The summed E-state index contributed by atoms with van der Waals surface area (Å²) < 4.78 is 30.7. The molecule has 0 aliphatic carbocycles. The number of imidazole rings is 1. The molecular formula is C13H11F2N3O3S. The molecule has 0 fully saturated rings. The van der Waals surface area contributed by atoms with Gasteiger partial charge in [-0.2, -0.15) is 4.39 Å². The minimum absolute atomic E-state index is 0.138. The predicted molar refractivity (Wildman–Crippen MR) is 75.8 cm³/mol. The fourth-order valence-corrected chi connectivity index (χ4v) is 3.06. The number of aromatic hydroxyl groups is 1. The van der Waals surface area contributed by atoms with Gasteiger partial charge in [0.15, 0.2) is 10.6 Å². The molecule has 22 heavy (non-hydrogen) atoms. The van der Waals surface area contributed by atoms with E-state index in [0.29, 0.717) is 30.8 Å². The van der Waals surface area contributed by atoms with E-state index >= 15 is 0 Å². The molecule has 1 aromatic carbocycles. The van der Waals surface area contributed by atoms with Gasteiger partial charge in [0.05, 0.1) is 22.4 Å². The number of aromatic nitrogens is 2. The van der Waals surface area contributed by atoms with Gasteiger partial charge in [-0.15, -0.1) is 0 Å². The van der Waals surface area contributed by atoms with Gasteiger partial charge >= 0.3 is 5.69 Å². The molecule has 1 N–H and O–H groups in total. The third kappa shape index (κ3) is 2.08. The second kappa shape index (κ2) is 5.16. The Labute approximate surface area is 128 Å². The van der Waals surface area contributed by atoms with Gasteiger partial charge in [-0.05, 0) is 31.5 Å². The van der Waals surface area contributed by atoms with Crippen LogP contribution in [0.15, 0.2) is 12.1 Å². The number of fused-ring (bicyclic) bond motifs is 1. The fraction of sp³-hybridized carbons (Fsp3) is 0.308. The number of nitro benzene ring substituents is 1. The zero-order chi connectivity index (χ0) is 16.0. The van der Waals surface area contributed by atoms with Crippen LogP contribution in [0.2, 0.25) is 0 Å². The second-order valence-electron chi connectivity index (χ2n) is 5.01. The Kier molecular flexibility index (Phi) is 3.44. The Morgan fingerprint density at radius 3 is 2.64 bits per heavy atom. The zero-order valence-corrected chi connectivity index (χ0v) is 12.1. The first-order chi connectivity index (χ1) is 10.4. The van der Waals surface area contributed by atoms with Crippen LogP contribution in [0, 0.1) is 26.5 Å². The highest BCUT2D eigenvalue weighted by Gasteiger charge is 2.25. The number of benzene rings is 1. The highest BCUT2D eigenvalue weighted by molar-refractivity contribution is 7.71. The fourth-order valence-electron chi connectivity index (χ4n) is 2.67. The van der Waals surface area contributed by atoms with Crippen molar-refractivity contribution in [2.24, 2.45) is 0 Å². The van der Waals surface area contributed by atoms with Crippen LogP contribution in [0.5, 0.6) is 5.88 Å². The highest BCUT2D eigenvalue weighted by Crippen LogP contribution is 2.32. The van der Waals surface area contributed by atoms with E-state index in [-0.39, 0.29) is 16.3 Å². The number of hydrogen-bond donors (Lipinski definition) is 1. The first-order valence-electron chi connectivity index (χ1n) is 6.59. The van der Waals surface area contributed by atoms with Crippen LogP contribution in [0.25, 0.3) is 5.69 Å². The molecule has 2 heterocycles. The first-order valence-corrected chi connectivity index (χ1v) is 7.00. The van der Waals surface area contributed by atoms with Gasteiger partial charge in [-0.1, -0.05) is 0 Å². The van der Waals surface area contributed by atoms with Crippen LogP contribution in [0.1, 0.15) is 18.5 Å². The lowest BCUT2D eigenvalue weighted by Gasteiger charge is -2.12. The van der Waals surface area contributed by atoms with E-state index in [9.17, 15) is 24.0 Å². The molecule has 2 aromatic rings. The quantitative estimate of drug-likeness (QED) is 0.522. The minimum atomic E-state index is -1.19. The third-order valence-electron chi connectivity index (χ3n) is 3.72. The normalized spacial score (nSPS) is 13.9. The number of nitro groups is 1. The molecule has 6 nitrogen and oxygen atoms in total. The monoisotopic (exact) mass is 327 g/mol. The number of nitrogens with zero attached hydrogens (tertiary/aromatic N) is 3. The Balaban J connectivity index is 2.25. The van der Waals surface area contributed by atoms with Gasteiger partial charge < -0.3 is 9.67 Å². The van der Waals surface area contributed by atoms with Crippen molar-refractivity contribution in [1.82, 2.24) is 9.13 Å². The summed E-state index contributed by atoms with van der Waals surface area (Å²) in [6, 6.07) is 1.16. The standard InChI is InChI=1S/C13H11F2N3O3S/c14-7-6-11(18(20)21)8(15)5-10(7)17-12(19)9-3-1-2-4-16(9)13(17)22/h5-6,19H,1-4H2. The van der Waals surface area contributed by atoms with E-state index < -0.39 is 22.2 Å². The van der Waals surface area contributed by atoms with Crippen molar-refractivity contribution < 1.29 is 18.8 Å².